The number of hydrogen-bond donors (Lipinski definition) is 1. The number of furan rings is 1. The number of ether oxygens (including phenoxy) is 2. The fourth-order valence-corrected chi connectivity index (χ4v) is 3.99. The highest BCUT2D eigenvalue weighted by molar-refractivity contribution is 9.10. The SMILES string of the molecule is Brc1cccc(-c2ccc(/C=N\Nc3nc(N4CCOCC4)nc(N4CCOCC4)n3)o2)c1. The van der Waals surface area contributed by atoms with Gasteiger partial charge in [-0.1, -0.05) is 28.1 Å². The minimum atomic E-state index is 0.378. The molecular formula is C22H24BrN7O3. The molecule has 2 fully saturated rings. The van der Waals surface area contributed by atoms with Gasteiger partial charge in [0.2, 0.25) is 17.8 Å². The maximum Gasteiger partial charge on any atom is 0.250 e. The number of rotatable bonds is 6. The number of aromatic nitrogens is 3. The molecule has 0 aliphatic carbocycles. The van der Waals surface area contributed by atoms with E-state index in [4.69, 9.17) is 18.9 Å². The number of nitrogens with one attached hydrogen (secondary N) is 1. The van der Waals surface area contributed by atoms with Gasteiger partial charge in [-0.25, -0.2) is 5.43 Å². The summed E-state index contributed by atoms with van der Waals surface area (Å²) in [6, 6.07) is 11.7. The summed E-state index contributed by atoms with van der Waals surface area (Å²) in [5.41, 5.74) is 3.92. The van der Waals surface area contributed by atoms with Gasteiger partial charge >= 0.3 is 0 Å². The van der Waals surface area contributed by atoms with Crippen molar-refractivity contribution in [2.75, 3.05) is 67.8 Å². The molecule has 172 valence electrons. The Labute approximate surface area is 199 Å². The van der Waals surface area contributed by atoms with Crippen molar-refractivity contribution in [2.24, 2.45) is 5.10 Å². The molecule has 0 saturated carbocycles. The first-order valence-electron chi connectivity index (χ1n) is 10.8. The Bertz CT molecular complexity index is 1070. The number of hydrogen-bond acceptors (Lipinski definition) is 10. The normalized spacial score (nSPS) is 17.0. The molecule has 0 bridgehead atoms. The molecule has 3 aromatic rings. The van der Waals surface area contributed by atoms with Gasteiger partial charge in [0.05, 0.1) is 32.6 Å². The van der Waals surface area contributed by atoms with Crippen LogP contribution in [0, 0.1) is 0 Å². The summed E-state index contributed by atoms with van der Waals surface area (Å²) in [5, 5.41) is 4.29. The predicted molar refractivity (Wildman–Crippen MR) is 129 cm³/mol. The Morgan fingerprint density at radius 2 is 1.55 bits per heavy atom. The van der Waals surface area contributed by atoms with Crippen molar-refractivity contribution in [1.29, 1.82) is 0 Å². The Balaban J connectivity index is 1.33. The molecule has 2 saturated heterocycles. The molecule has 0 atom stereocenters. The molecule has 2 aliphatic rings. The van der Waals surface area contributed by atoms with Gasteiger partial charge in [-0.3, -0.25) is 0 Å². The average Bonchev–Trinajstić information content (AvgIpc) is 3.34. The van der Waals surface area contributed by atoms with Gasteiger partial charge in [0.1, 0.15) is 11.5 Å². The molecule has 0 amide bonds. The zero-order valence-corrected chi connectivity index (χ0v) is 19.6. The number of hydrazone groups is 1. The molecule has 1 aromatic carbocycles. The zero-order chi connectivity index (χ0) is 22.5. The van der Waals surface area contributed by atoms with E-state index < -0.39 is 0 Å². The van der Waals surface area contributed by atoms with Gasteiger partial charge in [0.15, 0.2) is 0 Å². The van der Waals surface area contributed by atoms with Gasteiger partial charge in [-0.05, 0) is 24.3 Å². The summed E-state index contributed by atoms with van der Waals surface area (Å²) in [6.07, 6.45) is 1.61. The lowest BCUT2D eigenvalue weighted by Gasteiger charge is -2.30. The lowest BCUT2D eigenvalue weighted by Crippen LogP contribution is -2.40. The summed E-state index contributed by atoms with van der Waals surface area (Å²) >= 11 is 3.49. The van der Waals surface area contributed by atoms with Crippen molar-refractivity contribution >= 4 is 40.0 Å². The van der Waals surface area contributed by atoms with Crippen molar-refractivity contribution in [2.45, 2.75) is 0 Å². The van der Waals surface area contributed by atoms with E-state index in [2.05, 4.69) is 46.2 Å². The number of anilines is 3. The Kier molecular flexibility index (Phi) is 6.79. The second-order valence-electron chi connectivity index (χ2n) is 7.54. The fourth-order valence-electron chi connectivity index (χ4n) is 3.59. The maximum atomic E-state index is 5.89. The predicted octanol–water partition coefficient (Wildman–Crippen LogP) is 3.01. The highest BCUT2D eigenvalue weighted by atomic mass is 79.9. The Hall–Kier alpha value is -3.02. The number of morpholine rings is 2. The molecule has 0 unspecified atom stereocenters. The largest absolute Gasteiger partial charge is 0.455 e. The van der Waals surface area contributed by atoms with E-state index in [0.29, 0.717) is 50.0 Å². The summed E-state index contributed by atoms with van der Waals surface area (Å²) in [4.78, 5) is 18.0. The number of nitrogens with zero attached hydrogens (tertiary/aromatic N) is 6. The molecule has 2 aromatic heterocycles. The van der Waals surface area contributed by atoms with E-state index in [9.17, 15) is 0 Å². The third-order valence-electron chi connectivity index (χ3n) is 5.29. The fraction of sp³-hybridized carbons (Fsp3) is 0.364. The Morgan fingerprint density at radius 3 is 2.18 bits per heavy atom. The van der Waals surface area contributed by atoms with Crippen LogP contribution < -0.4 is 15.2 Å². The van der Waals surface area contributed by atoms with E-state index in [1.807, 2.05) is 36.4 Å². The average molecular weight is 514 g/mol. The van der Waals surface area contributed by atoms with Crippen LogP contribution in [0.4, 0.5) is 17.8 Å². The van der Waals surface area contributed by atoms with Crippen LogP contribution >= 0.6 is 15.9 Å². The molecule has 11 heteroatoms. The molecule has 2 aliphatic heterocycles. The third-order valence-corrected chi connectivity index (χ3v) is 5.79. The zero-order valence-electron chi connectivity index (χ0n) is 18.0. The molecule has 10 nitrogen and oxygen atoms in total. The van der Waals surface area contributed by atoms with Crippen LogP contribution in [0.3, 0.4) is 0 Å². The molecule has 1 N–H and O–H groups in total. The summed E-state index contributed by atoms with van der Waals surface area (Å²) < 4.78 is 17.8. The standard InChI is InChI=1S/C22H24BrN7O3/c23-17-3-1-2-16(14-17)19-5-4-18(33-19)15-24-28-20-25-21(29-6-10-31-11-7-29)27-22(26-20)30-8-12-32-13-9-30/h1-5,14-15H,6-13H2,(H,25,26,27,28)/b24-15-. The first-order chi connectivity index (χ1) is 16.2. The summed E-state index contributed by atoms with van der Waals surface area (Å²) in [7, 11) is 0. The second-order valence-corrected chi connectivity index (χ2v) is 8.46. The molecule has 0 spiro atoms. The van der Waals surface area contributed by atoms with E-state index in [1.165, 1.54) is 0 Å². The van der Waals surface area contributed by atoms with E-state index in [0.717, 1.165) is 42.0 Å². The van der Waals surface area contributed by atoms with Gasteiger partial charge in [-0.2, -0.15) is 20.1 Å². The van der Waals surface area contributed by atoms with Crippen LogP contribution in [-0.2, 0) is 9.47 Å². The highest BCUT2D eigenvalue weighted by Gasteiger charge is 2.20. The number of benzene rings is 1. The van der Waals surface area contributed by atoms with Crippen LogP contribution in [0.25, 0.3) is 11.3 Å². The lowest BCUT2D eigenvalue weighted by atomic mass is 10.2. The van der Waals surface area contributed by atoms with Crippen LogP contribution in [0.1, 0.15) is 5.76 Å². The molecule has 4 heterocycles. The minimum Gasteiger partial charge on any atom is -0.455 e. The Morgan fingerprint density at radius 1 is 0.879 bits per heavy atom. The first-order valence-corrected chi connectivity index (χ1v) is 11.6. The molecular weight excluding hydrogens is 490 g/mol. The first kappa shape index (κ1) is 21.8. The van der Waals surface area contributed by atoms with E-state index in [1.54, 1.807) is 6.21 Å². The van der Waals surface area contributed by atoms with Crippen LogP contribution in [-0.4, -0.2) is 73.8 Å². The van der Waals surface area contributed by atoms with Gasteiger partial charge in [0.25, 0.3) is 0 Å². The third kappa shape index (κ3) is 5.49. The molecule has 5 rings (SSSR count). The van der Waals surface area contributed by atoms with Gasteiger partial charge in [0, 0.05) is 36.2 Å². The topological polar surface area (TPSA) is 101 Å². The van der Waals surface area contributed by atoms with Crippen LogP contribution in [0.5, 0.6) is 0 Å². The van der Waals surface area contributed by atoms with Gasteiger partial charge < -0.3 is 23.7 Å². The van der Waals surface area contributed by atoms with Crippen molar-refractivity contribution in [3.05, 3.63) is 46.6 Å². The van der Waals surface area contributed by atoms with Crippen molar-refractivity contribution in [3.63, 3.8) is 0 Å². The van der Waals surface area contributed by atoms with E-state index in [-0.39, 0.29) is 0 Å². The van der Waals surface area contributed by atoms with E-state index >= 15 is 0 Å². The number of halogens is 1. The summed E-state index contributed by atoms with van der Waals surface area (Å²) in [5.74, 6) is 2.99. The van der Waals surface area contributed by atoms with Crippen molar-refractivity contribution in [3.8, 4) is 11.3 Å². The lowest BCUT2D eigenvalue weighted by molar-refractivity contribution is 0.121. The van der Waals surface area contributed by atoms with Gasteiger partial charge in [-0.15, -0.1) is 0 Å². The van der Waals surface area contributed by atoms with Crippen molar-refractivity contribution < 1.29 is 13.9 Å². The quantitative estimate of drug-likeness (QED) is 0.393. The molecule has 33 heavy (non-hydrogen) atoms. The van der Waals surface area contributed by atoms with Crippen LogP contribution in [0.15, 0.2) is 50.4 Å². The molecule has 0 radical (unpaired) electrons. The smallest absolute Gasteiger partial charge is 0.250 e. The second kappa shape index (κ2) is 10.3. The monoisotopic (exact) mass is 513 g/mol. The summed E-state index contributed by atoms with van der Waals surface area (Å²) in [6.45, 7) is 5.55. The van der Waals surface area contributed by atoms with Crippen LogP contribution in [0.2, 0.25) is 0 Å². The minimum absolute atomic E-state index is 0.378. The van der Waals surface area contributed by atoms with Crippen molar-refractivity contribution in [1.82, 2.24) is 15.0 Å². The highest BCUT2D eigenvalue weighted by Crippen LogP contribution is 2.24. The maximum absolute atomic E-state index is 5.89.